The number of anilines is 2. The van der Waals surface area contributed by atoms with E-state index in [0.717, 1.165) is 11.6 Å². The summed E-state index contributed by atoms with van der Waals surface area (Å²) in [5.74, 6) is 0.897. The molecule has 2 nitrogen and oxygen atoms in total. The van der Waals surface area contributed by atoms with Crippen molar-refractivity contribution in [1.82, 2.24) is 0 Å². The molecule has 2 N–H and O–H groups in total. The van der Waals surface area contributed by atoms with Crippen LogP contribution in [-0.2, 0) is 0 Å². The number of hydrogen-bond donors (Lipinski definition) is 1. The Labute approximate surface area is 118 Å². The first-order valence-electron chi connectivity index (χ1n) is 6.36. The van der Waals surface area contributed by atoms with Gasteiger partial charge in [-0.05, 0) is 72.4 Å². The van der Waals surface area contributed by atoms with Crippen LogP contribution in [-0.4, -0.2) is 13.1 Å². The molecule has 17 heavy (non-hydrogen) atoms. The minimum absolute atomic E-state index is 0.661. The highest BCUT2D eigenvalue weighted by Crippen LogP contribution is 2.32. The van der Waals surface area contributed by atoms with Gasteiger partial charge < -0.3 is 10.6 Å². The molecule has 1 aromatic carbocycles. The molecule has 1 aliphatic carbocycles. The van der Waals surface area contributed by atoms with Gasteiger partial charge in [0.25, 0.3) is 0 Å². The van der Waals surface area contributed by atoms with E-state index >= 15 is 0 Å². The van der Waals surface area contributed by atoms with Crippen molar-refractivity contribution >= 4 is 34.0 Å². The minimum Gasteiger partial charge on any atom is -0.397 e. The minimum atomic E-state index is 0.661. The number of halogens is 1. The van der Waals surface area contributed by atoms with Crippen molar-refractivity contribution in [3.05, 3.63) is 21.8 Å². The van der Waals surface area contributed by atoms with E-state index in [0.29, 0.717) is 6.04 Å². The predicted molar refractivity (Wildman–Crippen MR) is 83.4 cm³/mol. The van der Waals surface area contributed by atoms with Crippen molar-refractivity contribution in [3.63, 3.8) is 0 Å². The molecule has 0 radical (unpaired) electrons. The van der Waals surface area contributed by atoms with E-state index in [1.165, 1.54) is 34.9 Å². The molecular weight excluding hydrogens is 323 g/mol. The van der Waals surface area contributed by atoms with Gasteiger partial charge in [0, 0.05) is 16.7 Å². The topological polar surface area (TPSA) is 29.3 Å². The summed E-state index contributed by atoms with van der Waals surface area (Å²) in [7, 11) is 2.18. The summed E-state index contributed by atoms with van der Waals surface area (Å²) < 4.78 is 1.20. The molecule has 0 atom stereocenters. The number of benzene rings is 1. The molecule has 0 unspecified atom stereocenters. The Kier molecular flexibility index (Phi) is 4.17. The third-order valence-electron chi connectivity index (χ3n) is 3.90. The number of rotatable bonds is 2. The van der Waals surface area contributed by atoms with Gasteiger partial charge in [-0.15, -0.1) is 0 Å². The zero-order chi connectivity index (χ0) is 12.4. The number of nitrogens with zero attached hydrogens (tertiary/aromatic N) is 1. The fourth-order valence-electron chi connectivity index (χ4n) is 2.67. The average Bonchev–Trinajstić information content (AvgIpc) is 2.29. The van der Waals surface area contributed by atoms with Crippen LogP contribution in [0.15, 0.2) is 18.2 Å². The van der Waals surface area contributed by atoms with Crippen molar-refractivity contribution in [2.24, 2.45) is 5.92 Å². The van der Waals surface area contributed by atoms with Gasteiger partial charge >= 0.3 is 0 Å². The Morgan fingerprint density at radius 2 is 1.88 bits per heavy atom. The maximum Gasteiger partial charge on any atom is 0.0600 e. The van der Waals surface area contributed by atoms with Crippen LogP contribution in [0.3, 0.4) is 0 Å². The number of nitrogens with two attached hydrogens (primary N) is 1. The van der Waals surface area contributed by atoms with Crippen molar-refractivity contribution < 1.29 is 0 Å². The number of nitrogen functional groups attached to an aromatic ring is 1. The SMILES string of the molecule is CC1CCC(N(C)c2ccc(I)cc2N)CC1. The monoisotopic (exact) mass is 344 g/mol. The van der Waals surface area contributed by atoms with Crippen LogP contribution in [0.4, 0.5) is 11.4 Å². The zero-order valence-corrected chi connectivity index (χ0v) is 12.8. The summed E-state index contributed by atoms with van der Waals surface area (Å²) in [6, 6.07) is 7.00. The Hall–Kier alpha value is -0.450. The molecule has 0 aromatic heterocycles. The summed E-state index contributed by atoms with van der Waals surface area (Å²) >= 11 is 2.30. The summed E-state index contributed by atoms with van der Waals surface area (Å²) in [6.45, 7) is 2.36. The van der Waals surface area contributed by atoms with Crippen LogP contribution in [0.5, 0.6) is 0 Å². The zero-order valence-electron chi connectivity index (χ0n) is 10.6. The van der Waals surface area contributed by atoms with E-state index in [4.69, 9.17) is 5.73 Å². The van der Waals surface area contributed by atoms with Crippen molar-refractivity contribution in [3.8, 4) is 0 Å². The van der Waals surface area contributed by atoms with E-state index in [2.05, 4.69) is 59.7 Å². The molecule has 0 bridgehead atoms. The van der Waals surface area contributed by atoms with E-state index < -0.39 is 0 Å². The Balaban J connectivity index is 2.11. The van der Waals surface area contributed by atoms with E-state index in [1.54, 1.807) is 0 Å². The second-order valence-electron chi connectivity index (χ2n) is 5.23. The lowest BCUT2D eigenvalue weighted by molar-refractivity contribution is 0.341. The smallest absolute Gasteiger partial charge is 0.0600 e. The largest absolute Gasteiger partial charge is 0.397 e. The van der Waals surface area contributed by atoms with Crippen LogP contribution in [0, 0.1) is 9.49 Å². The Bertz CT molecular complexity index is 384. The molecule has 94 valence electrons. The molecule has 1 aromatic rings. The van der Waals surface area contributed by atoms with Gasteiger partial charge in [0.05, 0.1) is 11.4 Å². The van der Waals surface area contributed by atoms with Gasteiger partial charge in [-0.1, -0.05) is 6.92 Å². The first kappa shape index (κ1) is 13.0. The fourth-order valence-corrected chi connectivity index (χ4v) is 3.19. The van der Waals surface area contributed by atoms with Gasteiger partial charge in [-0.3, -0.25) is 0 Å². The molecule has 1 aliphatic rings. The molecule has 0 saturated heterocycles. The molecule has 0 amide bonds. The predicted octanol–water partition coefficient (Wildman–Crippen LogP) is 3.89. The van der Waals surface area contributed by atoms with Crippen molar-refractivity contribution in [2.75, 3.05) is 17.7 Å². The molecule has 1 fully saturated rings. The molecule has 0 heterocycles. The van der Waals surface area contributed by atoms with Crippen LogP contribution < -0.4 is 10.6 Å². The van der Waals surface area contributed by atoms with Crippen LogP contribution in [0.2, 0.25) is 0 Å². The van der Waals surface area contributed by atoms with Crippen LogP contribution in [0.25, 0.3) is 0 Å². The molecule has 1 saturated carbocycles. The molecule has 2 rings (SSSR count). The first-order chi connectivity index (χ1) is 8.08. The summed E-state index contributed by atoms with van der Waals surface area (Å²) in [4.78, 5) is 2.37. The highest BCUT2D eigenvalue weighted by Gasteiger charge is 2.22. The third kappa shape index (κ3) is 3.06. The third-order valence-corrected chi connectivity index (χ3v) is 4.57. The quantitative estimate of drug-likeness (QED) is 0.652. The molecular formula is C14H21IN2. The lowest BCUT2D eigenvalue weighted by atomic mass is 9.86. The van der Waals surface area contributed by atoms with Gasteiger partial charge in [-0.2, -0.15) is 0 Å². The lowest BCUT2D eigenvalue weighted by Crippen LogP contribution is -2.35. The molecule has 3 heteroatoms. The second kappa shape index (κ2) is 5.46. The maximum absolute atomic E-state index is 6.11. The van der Waals surface area contributed by atoms with E-state index in [1.807, 2.05) is 0 Å². The average molecular weight is 344 g/mol. The Morgan fingerprint density at radius 1 is 1.24 bits per heavy atom. The number of hydrogen-bond acceptors (Lipinski definition) is 2. The fraction of sp³-hybridized carbons (Fsp3) is 0.571. The van der Waals surface area contributed by atoms with Gasteiger partial charge in [0.1, 0.15) is 0 Å². The Morgan fingerprint density at radius 3 is 2.47 bits per heavy atom. The second-order valence-corrected chi connectivity index (χ2v) is 6.47. The highest BCUT2D eigenvalue weighted by atomic mass is 127. The van der Waals surface area contributed by atoms with Crippen molar-refractivity contribution in [1.29, 1.82) is 0 Å². The summed E-state index contributed by atoms with van der Waals surface area (Å²) in [5.41, 5.74) is 8.20. The van der Waals surface area contributed by atoms with Crippen molar-refractivity contribution in [2.45, 2.75) is 38.6 Å². The van der Waals surface area contributed by atoms with Gasteiger partial charge in [0.15, 0.2) is 0 Å². The highest BCUT2D eigenvalue weighted by molar-refractivity contribution is 14.1. The molecule has 0 spiro atoms. The standard InChI is InChI=1S/C14H21IN2/c1-10-3-6-12(7-4-10)17(2)14-8-5-11(15)9-13(14)16/h5,8-10,12H,3-4,6-7,16H2,1-2H3. The molecule has 0 aliphatic heterocycles. The first-order valence-corrected chi connectivity index (χ1v) is 7.43. The van der Waals surface area contributed by atoms with Gasteiger partial charge in [0.2, 0.25) is 0 Å². The maximum atomic E-state index is 6.11. The van der Waals surface area contributed by atoms with Crippen LogP contribution in [0.1, 0.15) is 32.6 Å². The van der Waals surface area contributed by atoms with Crippen LogP contribution >= 0.6 is 22.6 Å². The van der Waals surface area contributed by atoms with Gasteiger partial charge in [-0.25, -0.2) is 0 Å². The summed E-state index contributed by atoms with van der Waals surface area (Å²) in [5, 5.41) is 0. The lowest BCUT2D eigenvalue weighted by Gasteiger charge is -2.35. The summed E-state index contributed by atoms with van der Waals surface area (Å²) in [6.07, 6.45) is 5.28. The van der Waals surface area contributed by atoms with E-state index in [9.17, 15) is 0 Å². The normalized spacial score (nSPS) is 24.6. The van der Waals surface area contributed by atoms with E-state index in [-0.39, 0.29) is 0 Å².